The van der Waals surface area contributed by atoms with Gasteiger partial charge in [0.05, 0.1) is 0 Å². The highest BCUT2D eigenvalue weighted by Crippen LogP contribution is 2.14. The van der Waals surface area contributed by atoms with Crippen molar-refractivity contribution in [3.63, 3.8) is 0 Å². The van der Waals surface area contributed by atoms with Crippen LogP contribution >= 0.6 is 0 Å². The van der Waals surface area contributed by atoms with Crippen molar-refractivity contribution < 1.29 is 9.47 Å². The molecule has 112 valence electrons. The van der Waals surface area contributed by atoms with Crippen LogP contribution in [0.1, 0.15) is 18.1 Å². The number of nitrogens with one attached hydrogen (secondary N) is 1. The predicted octanol–water partition coefficient (Wildman–Crippen LogP) is 3.56. The van der Waals surface area contributed by atoms with E-state index in [0.717, 1.165) is 24.6 Å². The fourth-order valence-corrected chi connectivity index (χ4v) is 2.04. The van der Waals surface area contributed by atoms with Crippen molar-refractivity contribution in [3.05, 3.63) is 59.7 Å². The molecule has 0 aromatic heterocycles. The summed E-state index contributed by atoms with van der Waals surface area (Å²) >= 11 is 0. The molecule has 0 aliphatic carbocycles. The van der Waals surface area contributed by atoms with E-state index in [-0.39, 0.29) is 0 Å². The Bertz CT molecular complexity index is 554. The molecule has 0 radical (unpaired) electrons. The van der Waals surface area contributed by atoms with Gasteiger partial charge in [0.15, 0.2) is 0 Å². The lowest BCUT2D eigenvalue weighted by atomic mass is 10.2. The molecule has 2 aromatic rings. The van der Waals surface area contributed by atoms with E-state index < -0.39 is 0 Å². The minimum absolute atomic E-state index is 0.540. The average molecular weight is 285 g/mol. The van der Waals surface area contributed by atoms with Crippen LogP contribution in [-0.4, -0.2) is 19.8 Å². The maximum atomic E-state index is 5.73. The lowest BCUT2D eigenvalue weighted by Crippen LogP contribution is -2.12. The van der Waals surface area contributed by atoms with Gasteiger partial charge in [-0.2, -0.15) is 0 Å². The van der Waals surface area contributed by atoms with E-state index in [0.29, 0.717) is 13.2 Å². The smallest absolute Gasteiger partial charge is 0.122 e. The third-order valence-electron chi connectivity index (χ3n) is 3.09. The van der Waals surface area contributed by atoms with E-state index in [1.54, 1.807) is 0 Å². The predicted molar refractivity (Wildman–Crippen MR) is 86.0 cm³/mol. The van der Waals surface area contributed by atoms with Crippen molar-refractivity contribution in [3.8, 4) is 11.5 Å². The van der Waals surface area contributed by atoms with E-state index in [1.807, 2.05) is 30.3 Å². The van der Waals surface area contributed by atoms with Crippen molar-refractivity contribution >= 4 is 0 Å². The van der Waals surface area contributed by atoms with E-state index >= 15 is 0 Å². The Morgan fingerprint density at radius 3 is 2.24 bits per heavy atom. The molecule has 0 fully saturated rings. The van der Waals surface area contributed by atoms with E-state index in [2.05, 4.69) is 37.4 Å². The third-order valence-corrected chi connectivity index (χ3v) is 3.09. The van der Waals surface area contributed by atoms with Crippen molar-refractivity contribution in [2.45, 2.75) is 20.4 Å². The van der Waals surface area contributed by atoms with Gasteiger partial charge in [0.1, 0.15) is 24.7 Å². The van der Waals surface area contributed by atoms with Crippen LogP contribution in [0.4, 0.5) is 0 Å². The highest BCUT2D eigenvalue weighted by molar-refractivity contribution is 5.29. The second-order valence-corrected chi connectivity index (χ2v) is 4.94. The Morgan fingerprint density at radius 2 is 1.57 bits per heavy atom. The molecular weight excluding hydrogens is 262 g/mol. The lowest BCUT2D eigenvalue weighted by molar-refractivity contribution is 0.217. The Balaban J connectivity index is 1.75. The maximum absolute atomic E-state index is 5.73. The van der Waals surface area contributed by atoms with Crippen molar-refractivity contribution in [1.82, 2.24) is 5.32 Å². The van der Waals surface area contributed by atoms with Gasteiger partial charge in [-0.05, 0) is 48.9 Å². The van der Waals surface area contributed by atoms with Crippen LogP contribution < -0.4 is 14.8 Å². The number of benzene rings is 2. The van der Waals surface area contributed by atoms with Crippen LogP contribution in [-0.2, 0) is 6.54 Å². The Hall–Kier alpha value is -2.00. The maximum Gasteiger partial charge on any atom is 0.122 e. The molecule has 0 saturated heterocycles. The van der Waals surface area contributed by atoms with Gasteiger partial charge in [-0.25, -0.2) is 0 Å². The molecule has 0 amide bonds. The average Bonchev–Trinajstić information content (AvgIpc) is 2.50. The molecule has 0 aliphatic heterocycles. The normalized spacial score (nSPS) is 10.4. The molecule has 0 spiro atoms. The summed E-state index contributed by atoms with van der Waals surface area (Å²) in [7, 11) is 0. The van der Waals surface area contributed by atoms with E-state index in [9.17, 15) is 0 Å². The minimum atomic E-state index is 0.540. The zero-order chi connectivity index (χ0) is 14.9. The highest BCUT2D eigenvalue weighted by atomic mass is 16.5. The van der Waals surface area contributed by atoms with E-state index in [1.165, 1.54) is 11.1 Å². The molecular formula is C18H23NO2. The Kier molecular flexibility index (Phi) is 6.10. The molecule has 0 saturated carbocycles. The van der Waals surface area contributed by atoms with Crippen molar-refractivity contribution in [1.29, 1.82) is 0 Å². The zero-order valence-electron chi connectivity index (χ0n) is 12.8. The molecule has 1 N–H and O–H groups in total. The van der Waals surface area contributed by atoms with Gasteiger partial charge < -0.3 is 14.8 Å². The number of hydrogen-bond donors (Lipinski definition) is 1. The molecule has 0 heterocycles. The quantitative estimate of drug-likeness (QED) is 0.752. The fourth-order valence-electron chi connectivity index (χ4n) is 2.04. The second-order valence-electron chi connectivity index (χ2n) is 4.94. The molecule has 0 unspecified atom stereocenters. The largest absolute Gasteiger partial charge is 0.490 e. The summed E-state index contributed by atoms with van der Waals surface area (Å²) < 4.78 is 11.4. The van der Waals surface area contributed by atoms with Gasteiger partial charge in [-0.15, -0.1) is 0 Å². The van der Waals surface area contributed by atoms with Crippen molar-refractivity contribution in [2.24, 2.45) is 0 Å². The number of aryl methyl sites for hydroxylation is 1. The summed E-state index contributed by atoms with van der Waals surface area (Å²) in [4.78, 5) is 0. The molecule has 2 aromatic carbocycles. The van der Waals surface area contributed by atoms with Crippen LogP contribution in [0.15, 0.2) is 48.5 Å². The first kappa shape index (κ1) is 15.4. The lowest BCUT2D eigenvalue weighted by Gasteiger charge is -2.10. The Labute approximate surface area is 126 Å². The summed E-state index contributed by atoms with van der Waals surface area (Å²) in [6.45, 7) is 7.07. The molecule has 3 heteroatoms. The number of hydrogen-bond acceptors (Lipinski definition) is 3. The summed E-state index contributed by atoms with van der Waals surface area (Å²) in [5.74, 6) is 1.78. The molecule has 0 aliphatic rings. The van der Waals surface area contributed by atoms with Crippen LogP contribution in [0.2, 0.25) is 0 Å². The first-order valence-electron chi connectivity index (χ1n) is 7.40. The Morgan fingerprint density at radius 1 is 0.905 bits per heavy atom. The summed E-state index contributed by atoms with van der Waals surface area (Å²) in [6.07, 6.45) is 0. The zero-order valence-corrected chi connectivity index (χ0v) is 12.8. The van der Waals surface area contributed by atoms with Crippen molar-refractivity contribution in [2.75, 3.05) is 19.8 Å². The molecule has 0 bridgehead atoms. The van der Waals surface area contributed by atoms with Crippen LogP contribution in [0.3, 0.4) is 0 Å². The molecule has 0 atom stereocenters. The summed E-state index contributed by atoms with van der Waals surface area (Å²) in [6, 6.07) is 16.2. The minimum Gasteiger partial charge on any atom is -0.490 e. The first-order valence-corrected chi connectivity index (χ1v) is 7.40. The highest BCUT2D eigenvalue weighted by Gasteiger charge is 1.98. The van der Waals surface area contributed by atoms with Crippen LogP contribution in [0, 0.1) is 6.92 Å². The molecule has 2 rings (SSSR count). The van der Waals surface area contributed by atoms with Crippen LogP contribution in [0.5, 0.6) is 11.5 Å². The van der Waals surface area contributed by atoms with Gasteiger partial charge in [0.2, 0.25) is 0 Å². The van der Waals surface area contributed by atoms with Gasteiger partial charge in [0.25, 0.3) is 0 Å². The SMILES string of the molecule is CCNCc1cccc(OCCOc2cccc(C)c2)c1. The van der Waals surface area contributed by atoms with E-state index in [4.69, 9.17) is 9.47 Å². The number of ether oxygens (including phenoxy) is 2. The third kappa shape index (κ3) is 5.48. The van der Waals surface area contributed by atoms with Crippen LogP contribution in [0.25, 0.3) is 0 Å². The summed E-state index contributed by atoms with van der Waals surface area (Å²) in [5, 5.41) is 3.31. The van der Waals surface area contributed by atoms with Gasteiger partial charge in [0, 0.05) is 6.54 Å². The number of rotatable bonds is 8. The second kappa shape index (κ2) is 8.32. The standard InChI is InChI=1S/C18H23NO2/c1-3-19-14-16-7-5-9-18(13-16)21-11-10-20-17-8-4-6-15(2)12-17/h4-9,12-13,19H,3,10-11,14H2,1-2H3. The molecule has 3 nitrogen and oxygen atoms in total. The first-order chi connectivity index (χ1) is 10.3. The van der Waals surface area contributed by atoms with Gasteiger partial charge in [-0.1, -0.05) is 31.2 Å². The monoisotopic (exact) mass is 285 g/mol. The van der Waals surface area contributed by atoms with Gasteiger partial charge in [-0.3, -0.25) is 0 Å². The topological polar surface area (TPSA) is 30.5 Å². The summed E-state index contributed by atoms with van der Waals surface area (Å²) in [5.41, 5.74) is 2.43. The molecule has 21 heavy (non-hydrogen) atoms. The fraction of sp³-hybridized carbons (Fsp3) is 0.333. The van der Waals surface area contributed by atoms with Gasteiger partial charge >= 0.3 is 0 Å².